The summed E-state index contributed by atoms with van der Waals surface area (Å²) in [5.41, 5.74) is 3.01. The second-order valence-electron chi connectivity index (χ2n) is 6.28. The quantitative estimate of drug-likeness (QED) is 0.692. The van der Waals surface area contributed by atoms with Gasteiger partial charge in [0.25, 0.3) is 5.91 Å². The predicted octanol–water partition coefficient (Wildman–Crippen LogP) is 1.30. The molecule has 2 aliphatic heterocycles. The van der Waals surface area contributed by atoms with E-state index in [0.29, 0.717) is 42.7 Å². The number of nitrogens with zero attached hydrogens (tertiary/aromatic N) is 1. The third kappa shape index (κ3) is 4.03. The summed E-state index contributed by atoms with van der Waals surface area (Å²) in [6, 6.07) is 7.06. The van der Waals surface area contributed by atoms with Crippen molar-refractivity contribution in [3.63, 3.8) is 0 Å². The number of rotatable bonds is 3. The Bertz CT molecular complexity index is 754. The van der Waals surface area contributed by atoms with Gasteiger partial charge in [-0.3, -0.25) is 9.59 Å². The van der Waals surface area contributed by atoms with Crippen LogP contribution < -0.4 is 16.0 Å². The first-order valence-electron chi connectivity index (χ1n) is 8.48. The lowest BCUT2D eigenvalue weighted by molar-refractivity contribution is -0.131. The van der Waals surface area contributed by atoms with E-state index in [1.807, 2.05) is 31.2 Å². The van der Waals surface area contributed by atoms with E-state index in [0.717, 1.165) is 11.3 Å². The molecule has 7 nitrogen and oxygen atoms in total. The Hall–Kier alpha value is -2.45. The van der Waals surface area contributed by atoms with Gasteiger partial charge in [0.05, 0.1) is 24.8 Å². The second kappa shape index (κ2) is 7.84. The van der Waals surface area contributed by atoms with Gasteiger partial charge in [0.1, 0.15) is 0 Å². The molecule has 0 unspecified atom stereocenters. The molecule has 2 aliphatic rings. The summed E-state index contributed by atoms with van der Waals surface area (Å²) in [5.74, 6) is -0.151. The molecule has 2 amide bonds. The van der Waals surface area contributed by atoms with Crippen LogP contribution in [0.2, 0.25) is 0 Å². The lowest BCUT2D eigenvalue weighted by Gasteiger charge is -2.34. The molecular formula is C18H22N4O3S. The van der Waals surface area contributed by atoms with E-state index >= 15 is 0 Å². The standard InChI is InChI=1S/C18H22N4O3S/c1-11-15(17(24)22-7-9-25-10-8-22)16(21-18(26)19-11)13-3-5-14(6-4-13)20-12(2)23/h3-6,16H,7-10H2,1-2H3,(H,20,23)(H2,19,21,26)/t16-/m0/s1. The maximum Gasteiger partial charge on any atom is 0.254 e. The van der Waals surface area contributed by atoms with E-state index in [1.54, 1.807) is 4.90 Å². The minimum absolute atomic E-state index is 0.0239. The van der Waals surface area contributed by atoms with Gasteiger partial charge in [-0.25, -0.2) is 0 Å². The van der Waals surface area contributed by atoms with Gasteiger partial charge in [0.2, 0.25) is 5.91 Å². The Labute approximate surface area is 157 Å². The maximum atomic E-state index is 13.1. The third-order valence-corrected chi connectivity index (χ3v) is 4.58. The van der Waals surface area contributed by atoms with Crippen LogP contribution in [0.25, 0.3) is 0 Å². The Morgan fingerprint density at radius 1 is 1.23 bits per heavy atom. The van der Waals surface area contributed by atoms with Crippen LogP contribution in [0.15, 0.2) is 35.5 Å². The average molecular weight is 374 g/mol. The van der Waals surface area contributed by atoms with Crippen LogP contribution in [0, 0.1) is 0 Å². The van der Waals surface area contributed by atoms with E-state index in [4.69, 9.17) is 17.0 Å². The number of amides is 2. The highest BCUT2D eigenvalue weighted by Crippen LogP contribution is 2.29. The number of thiocarbonyl (C=S) groups is 1. The first kappa shape index (κ1) is 18.3. The normalized spacial score (nSPS) is 20.3. The Morgan fingerprint density at radius 2 is 1.88 bits per heavy atom. The number of ether oxygens (including phenoxy) is 1. The zero-order valence-electron chi connectivity index (χ0n) is 14.8. The molecule has 0 spiro atoms. The van der Waals surface area contributed by atoms with Gasteiger partial charge >= 0.3 is 0 Å². The van der Waals surface area contributed by atoms with Crippen LogP contribution in [-0.4, -0.2) is 48.1 Å². The summed E-state index contributed by atoms with van der Waals surface area (Å²) in [4.78, 5) is 26.1. The molecule has 0 aromatic heterocycles. The summed E-state index contributed by atoms with van der Waals surface area (Å²) in [6.45, 7) is 5.58. The maximum absolute atomic E-state index is 13.1. The number of carbonyl (C=O) groups excluding carboxylic acids is 2. The highest BCUT2D eigenvalue weighted by atomic mass is 32.1. The predicted molar refractivity (Wildman–Crippen MR) is 102 cm³/mol. The minimum Gasteiger partial charge on any atom is -0.378 e. The summed E-state index contributed by atoms with van der Waals surface area (Å²) < 4.78 is 5.34. The average Bonchev–Trinajstić information content (AvgIpc) is 2.61. The molecule has 1 aromatic carbocycles. The van der Waals surface area contributed by atoms with E-state index in [1.165, 1.54) is 6.92 Å². The van der Waals surface area contributed by atoms with Crippen molar-refractivity contribution in [2.75, 3.05) is 31.6 Å². The van der Waals surface area contributed by atoms with E-state index in [-0.39, 0.29) is 17.9 Å². The Kier molecular flexibility index (Phi) is 5.53. The topological polar surface area (TPSA) is 82.7 Å². The Morgan fingerprint density at radius 3 is 2.50 bits per heavy atom. The van der Waals surface area contributed by atoms with E-state index < -0.39 is 0 Å². The van der Waals surface area contributed by atoms with Gasteiger partial charge in [0.15, 0.2) is 5.11 Å². The van der Waals surface area contributed by atoms with E-state index in [2.05, 4.69) is 16.0 Å². The van der Waals surface area contributed by atoms with Crippen molar-refractivity contribution >= 4 is 34.8 Å². The summed E-state index contributed by atoms with van der Waals surface area (Å²) in [5, 5.41) is 9.46. The van der Waals surface area contributed by atoms with Crippen LogP contribution >= 0.6 is 12.2 Å². The van der Waals surface area contributed by atoms with Crippen LogP contribution in [0.3, 0.4) is 0 Å². The fraction of sp³-hybridized carbons (Fsp3) is 0.389. The van der Waals surface area contributed by atoms with Gasteiger partial charge in [-0.05, 0) is 36.8 Å². The lowest BCUT2D eigenvalue weighted by Crippen LogP contribution is -2.49. The van der Waals surface area contributed by atoms with Crippen molar-refractivity contribution in [1.82, 2.24) is 15.5 Å². The monoisotopic (exact) mass is 374 g/mol. The second-order valence-corrected chi connectivity index (χ2v) is 6.69. The van der Waals surface area contributed by atoms with Crippen molar-refractivity contribution in [1.29, 1.82) is 0 Å². The molecule has 1 fully saturated rings. The SMILES string of the molecule is CC(=O)Nc1ccc([C@@H]2NC(=S)NC(C)=C2C(=O)N2CCOCC2)cc1. The molecule has 2 heterocycles. The van der Waals surface area contributed by atoms with Crippen LogP contribution in [0.1, 0.15) is 25.5 Å². The minimum atomic E-state index is -0.342. The van der Waals surface area contributed by atoms with E-state index in [9.17, 15) is 9.59 Å². The molecule has 0 bridgehead atoms. The number of hydrogen-bond donors (Lipinski definition) is 3. The number of allylic oxidation sites excluding steroid dienone is 1. The molecule has 138 valence electrons. The molecule has 1 aromatic rings. The highest BCUT2D eigenvalue weighted by molar-refractivity contribution is 7.80. The van der Waals surface area contributed by atoms with Crippen molar-refractivity contribution in [2.45, 2.75) is 19.9 Å². The first-order chi connectivity index (χ1) is 12.5. The van der Waals surface area contributed by atoms with Crippen molar-refractivity contribution < 1.29 is 14.3 Å². The zero-order valence-corrected chi connectivity index (χ0v) is 15.6. The third-order valence-electron chi connectivity index (χ3n) is 4.36. The molecule has 0 radical (unpaired) electrons. The van der Waals surface area contributed by atoms with Gasteiger partial charge < -0.3 is 25.6 Å². The lowest BCUT2D eigenvalue weighted by atomic mass is 9.94. The summed E-state index contributed by atoms with van der Waals surface area (Å²) in [7, 11) is 0. The summed E-state index contributed by atoms with van der Waals surface area (Å²) in [6.07, 6.45) is 0. The number of morpholine rings is 1. The largest absolute Gasteiger partial charge is 0.378 e. The fourth-order valence-corrected chi connectivity index (χ4v) is 3.40. The van der Waals surface area contributed by atoms with Crippen molar-refractivity contribution in [3.05, 3.63) is 41.1 Å². The molecule has 1 saturated heterocycles. The van der Waals surface area contributed by atoms with Crippen molar-refractivity contribution in [2.24, 2.45) is 0 Å². The fourth-order valence-electron chi connectivity index (χ4n) is 3.13. The van der Waals surface area contributed by atoms with Crippen LogP contribution in [0.5, 0.6) is 0 Å². The number of nitrogens with one attached hydrogen (secondary N) is 3. The first-order valence-corrected chi connectivity index (χ1v) is 8.89. The Balaban J connectivity index is 1.89. The molecule has 0 aliphatic carbocycles. The van der Waals surface area contributed by atoms with Gasteiger partial charge in [-0.1, -0.05) is 12.1 Å². The highest BCUT2D eigenvalue weighted by Gasteiger charge is 2.33. The molecule has 26 heavy (non-hydrogen) atoms. The van der Waals surface area contributed by atoms with Gasteiger partial charge in [0, 0.05) is 31.4 Å². The van der Waals surface area contributed by atoms with Gasteiger partial charge in [-0.15, -0.1) is 0 Å². The molecule has 1 atom stereocenters. The van der Waals surface area contributed by atoms with Gasteiger partial charge in [-0.2, -0.15) is 0 Å². The van der Waals surface area contributed by atoms with Crippen LogP contribution in [-0.2, 0) is 14.3 Å². The van der Waals surface area contributed by atoms with Crippen LogP contribution in [0.4, 0.5) is 5.69 Å². The summed E-state index contributed by atoms with van der Waals surface area (Å²) >= 11 is 5.28. The number of hydrogen-bond acceptors (Lipinski definition) is 4. The molecule has 8 heteroatoms. The molecule has 3 rings (SSSR count). The van der Waals surface area contributed by atoms with Crippen molar-refractivity contribution in [3.8, 4) is 0 Å². The molecule has 0 saturated carbocycles. The number of anilines is 1. The smallest absolute Gasteiger partial charge is 0.254 e. The number of carbonyl (C=O) groups is 2. The molecule has 3 N–H and O–H groups in total. The molecular weight excluding hydrogens is 352 g/mol. The zero-order chi connectivity index (χ0) is 18.7. The number of benzene rings is 1.